The Morgan fingerprint density at radius 3 is 2.67 bits per heavy atom. The van der Waals surface area contributed by atoms with Crippen molar-refractivity contribution in [3.05, 3.63) is 29.6 Å². The molecular weight excluding hydrogens is 291 g/mol. The Kier molecular flexibility index (Phi) is 3.80. The van der Waals surface area contributed by atoms with Gasteiger partial charge in [-0.1, -0.05) is 0 Å². The zero-order valence-electron chi connectivity index (χ0n) is 12.3. The van der Waals surface area contributed by atoms with E-state index in [1.807, 2.05) is 0 Å². The van der Waals surface area contributed by atoms with E-state index in [1.165, 1.54) is 31.0 Å². The van der Waals surface area contributed by atoms with Crippen LogP contribution >= 0.6 is 0 Å². The Balaban J connectivity index is 1.72. The highest BCUT2D eigenvalue weighted by molar-refractivity contribution is 7.89. The molecule has 116 valence electrons. The van der Waals surface area contributed by atoms with Crippen LogP contribution in [-0.4, -0.2) is 38.0 Å². The Morgan fingerprint density at radius 1 is 1.33 bits per heavy atom. The molecule has 1 N–H and O–H groups in total. The fourth-order valence-electron chi connectivity index (χ4n) is 3.13. The van der Waals surface area contributed by atoms with Crippen LogP contribution in [0.4, 0.5) is 4.39 Å². The second-order valence-corrected chi connectivity index (χ2v) is 7.96. The SMILES string of the molecule is Cc1cc(S(=O)(=O)NC2CC(C)N(C3CC3)C2)ccc1F. The minimum absolute atomic E-state index is 0.0593. The first-order valence-electron chi connectivity index (χ1n) is 7.41. The molecule has 0 aromatic heterocycles. The molecule has 1 saturated heterocycles. The largest absolute Gasteiger partial charge is 0.296 e. The zero-order chi connectivity index (χ0) is 15.2. The van der Waals surface area contributed by atoms with Crippen molar-refractivity contribution >= 4 is 10.0 Å². The van der Waals surface area contributed by atoms with E-state index in [9.17, 15) is 12.8 Å². The van der Waals surface area contributed by atoms with E-state index in [0.717, 1.165) is 13.0 Å². The van der Waals surface area contributed by atoms with Crippen molar-refractivity contribution in [2.75, 3.05) is 6.54 Å². The topological polar surface area (TPSA) is 49.4 Å². The predicted octanol–water partition coefficient (Wildman–Crippen LogP) is 2.04. The van der Waals surface area contributed by atoms with Gasteiger partial charge in [0.2, 0.25) is 10.0 Å². The number of aryl methyl sites for hydroxylation is 1. The summed E-state index contributed by atoms with van der Waals surface area (Å²) in [6.07, 6.45) is 3.28. The standard InChI is InChI=1S/C15H21FN2O2S/c1-10-7-14(5-6-15(10)16)21(19,20)17-12-8-11(2)18(9-12)13-3-4-13/h5-7,11-13,17H,3-4,8-9H2,1-2H3. The van der Waals surface area contributed by atoms with Gasteiger partial charge in [-0.2, -0.15) is 0 Å². The molecule has 1 aromatic rings. The highest BCUT2D eigenvalue weighted by Gasteiger charge is 2.39. The maximum atomic E-state index is 13.3. The van der Waals surface area contributed by atoms with E-state index in [0.29, 0.717) is 17.6 Å². The van der Waals surface area contributed by atoms with Gasteiger partial charge < -0.3 is 0 Å². The van der Waals surface area contributed by atoms with E-state index >= 15 is 0 Å². The lowest BCUT2D eigenvalue weighted by molar-refractivity contribution is 0.256. The molecule has 3 rings (SSSR count). The van der Waals surface area contributed by atoms with Gasteiger partial charge in [0.1, 0.15) is 5.82 Å². The van der Waals surface area contributed by atoms with Gasteiger partial charge in [-0.15, -0.1) is 0 Å². The van der Waals surface area contributed by atoms with Crippen LogP contribution in [0.25, 0.3) is 0 Å². The number of rotatable bonds is 4. The molecule has 0 spiro atoms. The minimum Gasteiger partial charge on any atom is -0.296 e. The number of halogens is 1. The lowest BCUT2D eigenvalue weighted by Crippen LogP contribution is -2.37. The van der Waals surface area contributed by atoms with Gasteiger partial charge in [0, 0.05) is 24.7 Å². The van der Waals surface area contributed by atoms with Crippen LogP contribution in [0.1, 0.15) is 31.7 Å². The van der Waals surface area contributed by atoms with E-state index in [2.05, 4.69) is 16.5 Å². The lowest BCUT2D eigenvalue weighted by atomic mass is 10.2. The third-order valence-electron chi connectivity index (χ3n) is 4.40. The summed E-state index contributed by atoms with van der Waals surface area (Å²) in [6, 6.07) is 4.91. The van der Waals surface area contributed by atoms with Gasteiger partial charge in [-0.05, 0) is 56.9 Å². The summed E-state index contributed by atoms with van der Waals surface area (Å²) < 4.78 is 40.8. The van der Waals surface area contributed by atoms with Gasteiger partial charge >= 0.3 is 0 Å². The molecule has 1 aliphatic heterocycles. The maximum absolute atomic E-state index is 13.3. The van der Waals surface area contributed by atoms with Crippen molar-refractivity contribution in [1.82, 2.24) is 9.62 Å². The van der Waals surface area contributed by atoms with E-state index in [1.54, 1.807) is 6.92 Å². The van der Waals surface area contributed by atoms with Crippen LogP contribution < -0.4 is 4.72 Å². The molecule has 2 aliphatic rings. The normalized spacial score (nSPS) is 27.2. The van der Waals surface area contributed by atoms with Crippen LogP contribution in [0.3, 0.4) is 0 Å². The molecule has 2 atom stereocenters. The molecule has 21 heavy (non-hydrogen) atoms. The molecule has 2 unspecified atom stereocenters. The maximum Gasteiger partial charge on any atom is 0.240 e. The number of likely N-dealkylation sites (tertiary alicyclic amines) is 1. The monoisotopic (exact) mass is 312 g/mol. The Bertz CT molecular complexity index is 643. The van der Waals surface area contributed by atoms with Crippen molar-refractivity contribution in [2.45, 2.75) is 56.1 Å². The smallest absolute Gasteiger partial charge is 0.240 e. The van der Waals surface area contributed by atoms with E-state index in [4.69, 9.17) is 0 Å². The molecule has 6 heteroatoms. The molecule has 0 radical (unpaired) electrons. The molecule has 1 saturated carbocycles. The Labute approximate surface area is 125 Å². The summed E-state index contributed by atoms with van der Waals surface area (Å²) in [5, 5.41) is 0. The van der Waals surface area contributed by atoms with Crippen LogP contribution in [-0.2, 0) is 10.0 Å². The number of hydrogen-bond donors (Lipinski definition) is 1. The summed E-state index contributed by atoms with van der Waals surface area (Å²) in [5.41, 5.74) is 0.345. The summed E-state index contributed by atoms with van der Waals surface area (Å²) >= 11 is 0. The number of sulfonamides is 1. The van der Waals surface area contributed by atoms with Gasteiger partial charge in [0.25, 0.3) is 0 Å². The quantitative estimate of drug-likeness (QED) is 0.925. The number of nitrogens with one attached hydrogen (secondary N) is 1. The van der Waals surface area contributed by atoms with Crippen molar-refractivity contribution in [3.8, 4) is 0 Å². The van der Waals surface area contributed by atoms with Crippen LogP contribution in [0, 0.1) is 12.7 Å². The second kappa shape index (κ2) is 5.34. The average Bonchev–Trinajstić information content (AvgIpc) is 3.17. The molecule has 1 heterocycles. The number of benzene rings is 1. The third-order valence-corrected chi connectivity index (χ3v) is 5.92. The number of nitrogens with zero attached hydrogens (tertiary/aromatic N) is 1. The first-order chi connectivity index (χ1) is 9.87. The van der Waals surface area contributed by atoms with Gasteiger partial charge in [-0.25, -0.2) is 17.5 Å². The molecular formula is C15H21FN2O2S. The minimum atomic E-state index is -3.58. The first-order valence-corrected chi connectivity index (χ1v) is 8.89. The van der Waals surface area contributed by atoms with Gasteiger partial charge in [0.05, 0.1) is 4.90 Å². The third kappa shape index (κ3) is 3.12. The van der Waals surface area contributed by atoms with Crippen molar-refractivity contribution in [3.63, 3.8) is 0 Å². The summed E-state index contributed by atoms with van der Waals surface area (Å²) in [6.45, 7) is 4.49. The highest BCUT2D eigenvalue weighted by Crippen LogP contribution is 2.33. The van der Waals surface area contributed by atoms with Gasteiger partial charge in [0.15, 0.2) is 0 Å². The Morgan fingerprint density at radius 2 is 2.05 bits per heavy atom. The van der Waals surface area contributed by atoms with Crippen molar-refractivity contribution in [2.24, 2.45) is 0 Å². The Hall–Kier alpha value is -0.980. The van der Waals surface area contributed by atoms with Crippen LogP contribution in [0.15, 0.2) is 23.1 Å². The summed E-state index contributed by atoms with van der Waals surface area (Å²) in [7, 11) is -3.58. The summed E-state index contributed by atoms with van der Waals surface area (Å²) in [5.74, 6) is -0.386. The molecule has 1 aromatic carbocycles. The van der Waals surface area contributed by atoms with Crippen LogP contribution in [0.2, 0.25) is 0 Å². The average molecular weight is 312 g/mol. The fraction of sp³-hybridized carbons (Fsp3) is 0.600. The lowest BCUT2D eigenvalue weighted by Gasteiger charge is -2.19. The van der Waals surface area contributed by atoms with Crippen LogP contribution in [0.5, 0.6) is 0 Å². The molecule has 4 nitrogen and oxygen atoms in total. The van der Waals surface area contributed by atoms with E-state index in [-0.39, 0.29) is 16.8 Å². The molecule has 0 bridgehead atoms. The second-order valence-electron chi connectivity index (χ2n) is 6.24. The molecule has 0 amide bonds. The molecule has 1 aliphatic carbocycles. The highest BCUT2D eigenvalue weighted by atomic mass is 32.2. The predicted molar refractivity (Wildman–Crippen MR) is 79.1 cm³/mol. The fourth-order valence-corrected chi connectivity index (χ4v) is 4.45. The first kappa shape index (κ1) is 14.9. The van der Waals surface area contributed by atoms with E-state index < -0.39 is 10.0 Å². The van der Waals surface area contributed by atoms with Gasteiger partial charge in [-0.3, -0.25) is 4.90 Å². The van der Waals surface area contributed by atoms with Crippen molar-refractivity contribution in [1.29, 1.82) is 0 Å². The van der Waals surface area contributed by atoms with Crippen molar-refractivity contribution < 1.29 is 12.8 Å². The molecule has 2 fully saturated rings. The number of hydrogen-bond acceptors (Lipinski definition) is 3. The zero-order valence-corrected chi connectivity index (χ0v) is 13.2. The summed E-state index contributed by atoms with van der Waals surface area (Å²) in [4.78, 5) is 2.53.